The van der Waals surface area contributed by atoms with Crippen LogP contribution in [0.15, 0.2) is 18.2 Å². The van der Waals surface area contributed by atoms with Crippen LogP contribution in [0.2, 0.25) is 10.0 Å². The Morgan fingerprint density at radius 3 is 1.96 bits per heavy atom. The Bertz CT molecular complexity index is 639. The van der Waals surface area contributed by atoms with Crippen molar-refractivity contribution < 1.29 is 13.2 Å². The highest BCUT2D eigenvalue weighted by molar-refractivity contribution is 7.92. The number of anilines is 1. The van der Waals surface area contributed by atoms with Crippen molar-refractivity contribution in [1.82, 2.24) is 4.90 Å². The summed E-state index contributed by atoms with van der Waals surface area (Å²) >= 11 is 12.2. The predicted molar refractivity (Wildman–Crippen MR) is 100 cm³/mol. The first-order valence-electron chi connectivity index (χ1n) is 7.91. The van der Waals surface area contributed by atoms with Crippen LogP contribution in [-0.4, -0.2) is 45.1 Å². The van der Waals surface area contributed by atoms with Crippen LogP contribution in [0.25, 0.3) is 0 Å². The Balaban J connectivity index is 2.99. The summed E-state index contributed by atoms with van der Waals surface area (Å²) in [6.45, 7) is 5.34. The van der Waals surface area contributed by atoms with Crippen molar-refractivity contribution in [2.24, 2.45) is 0 Å². The first-order chi connectivity index (χ1) is 11.2. The van der Waals surface area contributed by atoms with Crippen LogP contribution in [0.4, 0.5) is 5.69 Å². The van der Waals surface area contributed by atoms with E-state index < -0.39 is 10.0 Å². The smallest absolute Gasteiger partial charge is 0.232 e. The Kier molecular flexibility index (Phi) is 8.33. The third-order valence-electron chi connectivity index (χ3n) is 3.46. The predicted octanol–water partition coefficient (Wildman–Crippen LogP) is 3.80. The first-order valence-corrected chi connectivity index (χ1v) is 10.5. The summed E-state index contributed by atoms with van der Waals surface area (Å²) in [5.41, 5.74) is 0.216. The summed E-state index contributed by atoms with van der Waals surface area (Å²) in [7, 11) is -3.62. The number of hydrogen-bond donors (Lipinski definition) is 0. The van der Waals surface area contributed by atoms with Gasteiger partial charge in [-0.2, -0.15) is 0 Å². The van der Waals surface area contributed by atoms with Crippen LogP contribution in [0.5, 0.6) is 0 Å². The van der Waals surface area contributed by atoms with E-state index in [1.165, 1.54) is 0 Å². The molecule has 0 aliphatic carbocycles. The Morgan fingerprint density at radius 1 is 1.04 bits per heavy atom. The lowest BCUT2D eigenvalue weighted by atomic mass is 10.2. The van der Waals surface area contributed by atoms with Gasteiger partial charge in [0.25, 0.3) is 0 Å². The molecule has 0 heterocycles. The second-order valence-corrected chi connectivity index (χ2v) is 8.26. The fourth-order valence-electron chi connectivity index (χ4n) is 2.43. The van der Waals surface area contributed by atoms with Crippen molar-refractivity contribution in [2.45, 2.75) is 33.1 Å². The molecule has 8 heteroatoms. The van der Waals surface area contributed by atoms with Crippen LogP contribution in [-0.2, 0) is 14.8 Å². The fraction of sp³-hybridized carbons (Fsp3) is 0.562. The van der Waals surface area contributed by atoms with Crippen molar-refractivity contribution in [1.29, 1.82) is 0 Å². The van der Waals surface area contributed by atoms with Gasteiger partial charge in [-0.25, -0.2) is 8.42 Å². The molecular formula is C16H24Cl2N2O3S. The molecular weight excluding hydrogens is 371 g/mol. The maximum Gasteiger partial charge on any atom is 0.232 e. The summed E-state index contributed by atoms with van der Waals surface area (Å²) in [6, 6.07) is 4.79. The maximum atomic E-state index is 12.4. The number of carbonyl (C=O) groups is 1. The molecule has 0 radical (unpaired) electrons. The highest BCUT2D eigenvalue weighted by atomic mass is 35.5. The van der Waals surface area contributed by atoms with Gasteiger partial charge in [-0.3, -0.25) is 9.10 Å². The minimum Gasteiger partial charge on any atom is -0.343 e. The number of halogens is 2. The number of sulfonamides is 1. The van der Waals surface area contributed by atoms with Gasteiger partial charge >= 0.3 is 0 Å². The number of para-hydroxylation sites is 1. The minimum atomic E-state index is -3.62. The molecule has 0 bridgehead atoms. The fourth-order valence-corrected chi connectivity index (χ4v) is 4.08. The van der Waals surface area contributed by atoms with Gasteiger partial charge in [0.05, 0.1) is 22.0 Å². The summed E-state index contributed by atoms with van der Waals surface area (Å²) in [5, 5.41) is 0.471. The molecule has 1 rings (SSSR count). The number of nitrogens with zero attached hydrogens (tertiary/aromatic N) is 2. The molecule has 0 aliphatic rings. The lowest BCUT2D eigenvalue weighted by molar-refractivity contribution is -0.131. The van der Waals surface area contributed by atoms with E-state index in [-0.39, 0.29) is 34.6 Å². The molecule has 24 heavy (non-hydrogen) atoms. The lowest BCUT2D eigenvalue weighted by Crippen LogP contribution is -2.37. The molecule has 5 nitrogen and oxygen atoms in total. The lowest BCUT2D eigenvalue weighted by Gasteiger charge is -2.26. The van der Waals surface area contributed by atoms with E-state index >= 15 is 0 Å². The maximum absolute atomic E-state index is 12.4. The van der Waals surface area contributed by atoms with Crippen molar-refractivity contribution in [3.63, 3.8) is 0 Å². The van der Waals surface area contributed by atoms with Gasteiger partial charge in [-0.15, -0.1) is 0 Å². The van der Waals surface area contributed by atoms with E-state index in [0.717, 1.165) is 23.4 Å². The van der Waals surface area contributed by atoms with Gasteiger partial charge in [-0.05, 0) is 25.0 Å². The first kappa shape index (κ1) is 21.1. The largest absolute Gasteiger partial charge is 0.343 e. The molecule has 1 aromatic rings. The second-order valence-electron chi connectivity index (χ2n) is 5.54. The zero-order chi connectivity index (χ0) is 18.3. The third-order valence-corrected chi connectivity index (χ3v) is 5.23. The Hall–Kier alpha value is -0.980. The zero-order valence-corrected chi connectivity index (χ0v) is 16.6. The average Bonchev–Trinajstić information content (AvgIpc) is 2.48. The van der Waals surface area contributed by atoms with Crippen LogP contribution in [0, 0.1) is 0 Å². The van der Waals surface area contributed by atoms with Crippen molar-refractivity contribution in [2.75, 3.05) is 30.2 Å². The van der Waals surface area contributed by atoms with E-state index in [9.17, 15) is 13.2 Å². The van der Waals surface area contributed by atoms with E-state index in [2.05, 4.69) is 0 Å². The molecule has 0 saturated heterocycles. The minimum absolute atomic E-state index is 0.00501. The molecule has 0 spiro atoms. The van der Waals surface area contributed by atoms with Crippen molar-refractivity contribution >= 4 is 44.8 Å². The molecule has 0 saturated carbocycles. The molecule has 0 N–H and O–H groups in total. The molecule has 0 fully saturated rings. The SMILES string of the molecule is CCCN(CCC)C(=O)CCN(c1c(Cl)cccc1Cl)S(C)(=O)=O. The number of carbonyl (C=O) groups excluding carboxylic acids is 1. The molecule has 0 unspecified atom stereocenters. The van der Waals surface area contributed by atoms with E-state index in [1.807, 2.05) is 13.8 Å². The van der Waals surface area contributed by atoms with Gasteiger partial charge in [0.15, 0.2) is 0 Å². The number of hydrogen-bond acceptors (Lipinski definition) is 3. The molecule has 0 atom stereocenters. The van der Waals surface area contributed by atoms with Crippen molar-refractivity contribution in [3.8, 4) is 0 Å². The molecule has 136 valence electrons. The highest BCUT2D eigenvalue weighted by Crippen LogP contribution is 2.35. The van der Waals surface area contributed by atoms with Crippen LogP contribution >= 0.6 is 23.2 Å². The van der Waals surface area contributed by atoms with Gasteiger partial charge in [0.1, 0.15) is 0 Å². The number of rotatable bonds is 9. The summed E-state index contributed by atoms with van der Waals surface area (Å²) in [6.07, 6.45) is 2.87. The van der Waals surface area contributed by atoms with Gasteiger partial charge in [-0.1, -0.05) is 43.1 Å². The van der Waals surface area contributed by atoms with E-state index in [0.29, 0.717) is 13.1 Å². The highest BCUT2D eigenvalue weighted by Gasteiger charge is 2.24. The molecule has 1 aromatic carbocycles. The number of benzene rings is 1. The van der Waals surface area contributed by atoms with Crippen LogP contribution in [0.3, 0.4) is 0 Å². The van der Waals surface area contributed by atoms with Gasteiger partial charge < -0.3 is 4.90 Å². The summed E-state index contributed by atoms with van der Waals surface area (Å²) in [4.78, 5) is 14.2. The third kappa shape index (κ3) is 5.83. The van der Waals surface area contributed by atoms with E-state index in [4.69, 9.17) is 23.2 Å². The molecule has 0 aliphatic heterocycles. The van der Waals surface area contributed by atoms with E-state index in [1.54, 1.807) is 23.1 Å². The summed E-state index contributed by atoms with van der Waals surface area (Å²) < 4.78 is 25.4. The second kappa shape index (κ2) is 9.49. The molecule has 0 aromatic heterocycles. The molecule has 1 amide bonds. The number of amides is 1. The van der Waals surface area contributed by atoms with Crippen LogP contribution < -0.4 is 4.31 Å². The van der Waals surface area contributed by atoms with Crippen LogP contribution in [0.1, 0.15) is 33.1 Å². The Morgan fingerprint density at radius 2 is 1.54 bits per heavy atom. The van der Waals surface area contributed by atoms with Crippen molar-refractivity contribution in [3.05, 3.63) is 28.2 Å². The van der Waals surface area contributed by atoms with Gasteiger partial charge in [0.2, 0.25) is 15.9 Å². The van der Waals surface area contributed by atoms with Gasteiger partial charge in [0, 0.05) is 26.1 Å². The standard InChI is InChI=1S/C16H24Cl2N2O3S/c1-4-10-19(11-5-2)15(21)9-12-20(24(3,22)23)16-13(17)7-6-8-14(16)18/h6-8H,4-5,9-12H2,1-3H3. The average molecular weight is 395 g/mol. The summed E-state index contributed by atoms with van der Waals surface area (Å²) in [5.74, 6) is -0.0736. The normalized spacial score (nSPS) is 11.4. The zero-order valence-electron chi connectivity index (χ0n) is 14.3. The monoisotopic (exact) mass is 394 g/mol. The Labute approximate surface area is 154 Å². The topological polar surface area (TPSA) is 57.7 Å². The quantitative estimate of drug-likeness (QED) is 0.639.